The lowest BCUT2D eigenvalue weighted by Crippen LogP contribution is -2.45. The van der Waals surface area contributed by atoms with E-state index in [1.54, 1.807) is 6.20 Å². The van der Waals surface area contributed by atoms with E-state index in [0.29, 0.717) is 17.3 Å². The molecule has 1 spiro atoms. The van der Waals surface area contributed by atoms with Gasteiger partial charge in [0.25, 0.3) is 0 Å². The van der Waals surface area contributed by atoms with Crippen LogP contribution in [-0.2, 0) is 6.54 Å². The molecule has 0 aliphatic heterocycles. The van der Waals surface area contributed by atoms with Crippen LogP contribution in [0.25, 0.3) is 0 Å². The number of nitrogens with two attached hydrogens (primary N) is 1. The molecule has 0 radical (unpaired) electrons. The maximum atomic E-state index is 5.74. The Morgan fingerprint density at radius 1 is 1.21 bits per heavy atom. The topological polar surface area (TPSA) is 50.9 Å². The number of anilines is 1. The van der Waals surface area contributed by atoms with Gasteiger partial charge in [0.05, 0.1) is 0 Å². The van der Waals surface area contributed by atoms with E-state index in [-0.39, 0.29) is 0 Å². The van der Waals surface area contributed by atoms with Gasteiger partial charge in [-0.05, 0) is 48.8 Å². The maximum Gasteiger partial charge on any atom is 0.123 e. The summed E-state index contributed by atoms with van der Waals surface area (Å²) in [5, 5.41) is 3.81. The first kappa shape index (κ1) is 12.9. The van der Waals surface area contributed by atoms with E-state index in [4.69, 9.17) is 5.73 Å². The van der Waals surface area contributed by atoms with Crippen molar-refractivity contribution in [2.75, 3.05) is 5.73 Å². The van der Waals surface area contributed by atoms with Crippen LogP contribution in [0.4, 0.5) is 5.82 Å². The van der Waals surface area contributed by atoms with Gasteiger partial charge in [0, 0.05) is 18.8 Å². The Labute approximate surface area is 116 Å². The maximum absolute atomic E-state index is 5.74. The lowest BCUT2D eigenvalue weighted by atomic mass is 9.69. The largest absolute Gasteiger partial charge is 0.384 e. The Bertz CT molecular complexity index is 424. The highest BCUT2D eigenvalue weighted by Crippen LogP contribution is 2.49. The van der Waals surface area contributed by atoms with Gasteiger partial charge in [0.15, 0.2) is 0 Å². The first-order chi connectivity index (χ1) is 9.28. The van der Waals surface area contributed by atoms with Gasteiger partial charge in [-0.3, -0.25) is 0 Å². The van der Waals surface area contributed by atoms with E-state index >= 15 is 0 Å². The highest BCUT2D eigenvalue weighted by atomic mass is 14.9. The lowest BCUT2D eigenvalue weighted by Gasteiger charge is -2.42. The Hall–Kier alpha value is -1.09. The van der Waals surface area contributed by atoms with Crippen LogP contribution in [-0.4, -0.2) is 11.0 Å². The monoisotopic (exact) mass is 259 g/mol. The normalized spacial score (nSPS) is 25.8. The summed E-state index contributed by atoms with van der Waals surface area (Å²) in [4.78, 5) is 4.06. The minimum absolute atomic E-state index is 0.608. The standard InChI is InChI=1S/C16H25N3/c17-15-11-13(6-10-18-15)12-19-14-5-1-2-7-16(14)8-3-4-9-16/h6,10-11,14,19H,1-5,7-9,12H2,(H2,17,18). The van der Waals surface area contributed by atoms with Gasteiger partial charge in [-0.1, -0.05) is 25.7 Å². The van der Waals surface area contributed by atoms with Crippen molar-refractivity contribution < 1.29 is 0 Å². The summed E-state index contributed by atoms with van der Waals surface area (Å²) in [6.07, 6.45) is 13.1. The van der Waals surface area contributed by atoms with E-state index in [2.05, 4.69) is 16.4 Å². The number of aromatic nitrogens is 1. The zero-order chi connectivity index (χ0) is 13.1. The number of hydrogen-bond acceptors (Lipinski definition) is 3. The van der Waals surface area contributed by atoms with Gasteiger partial charge in [0.2, 0.25) is 0 Å². The van der Waals surface area contributed by atoms with Crippen LogP contribution < -0.4 is 11.1 Å². The fourth-order valence-corrected chi connectivity index (χ4v) is 4.15. The molecule has 3 N–H and O–H groups in total. The summed E-state index contributed by atoms with van der Waals surface area (Å²) in [6.45, 7) is 0.930. The number of hydrogen-bond donors (Lipinski definition) is 2. The van der Waals surface area contributed by atoms with Gasteiger partial charge < -0.3 is 11.1 Å². The summed E-state index contributed by atoms with van der Waals surface area (Å²) in [5.74, 6) is 0.624. The van der Waals surface area contributed by atoms with Crippen molar-refractivity contribution in [1.29, 1.82) is 0 Å². The SMILES string of the molecule is Nc1cc(CNC2CCCCC23CCCC3)ccn1. The van der Waals surface area contributed by atoms with Gasteiger partial charge in [-0.2, -0.15) is 0 Å². The molecule has 3 rings (SSSR count). The van der Waals surface area contributed by atoms with Crippen LogP contribution in [0.1, 0.15) is 56.9 Å². The molecule has 0 aromatic carbocycles. The number of nitrogen functional groups attached to an aromatic ring is 1. The zero-order valence-corrected chi connectivity index (χ0v) is 11.7. The minimum Gasteiger partial charge on any atom is -0.384 e. The van der Waals surface area contributed by atoms with Crippen molar-refractivity contribution in [2.24, 2.45) is 5.41 Å². The van der Waals surface area contributed by atoms with Gasteiger partial charge in [0.1, 0.15) is 5.82 Å². The van der Waals surface area contributed by atoms with Crippen molar-refractivity contribution >= 4 is 5.82 Å². The van der Waals surface area contributed by atoms with Crippen LogP contribution in [0.5, 0.6) is 0 Å². The molecule has 0 saturated heterocycles. The predicted octanol–water partition coefficient (Wildman–Crippen LogP) is 3.26. The first-order valence-electron chi connectivity index (χ1n) is 7.72. The third-order valence-electron chi connectivity index (χ3n) is 5.15. The molecule has 1 aromatic rings. The van der Waals surface area contributed by atoms with E-state index in [1.165, 1.54) is 56.9 Å². The average molecular weight is 259 g/mol. The molecule has 1 heterocycles. The Kier molecular flexibility index (Phi) is 3.74. The van der Waals surface area contributed by atoms with Crippen molar-refractivity contribution in [3.63, 3.8) is 0 Å². The van der Waals surface area contributed by atoms with Crippen molar-refractivity contribution in [3.8, 4) is 0 Å². The van der Waals surface area contributed by atoms with Crippen LogP contribution in [0.2, 0.25) is 0 Å². The van der Waals surface area contributed by atoms with E-state index in [0.717, 1.165) is 6.54 Å². The Morgan fingerprint density at radius 3 is 2.68 bits per heavy atom. The molecule has 104 valence electrons. The third-order valence-corrected chi connectivity index (χ3v) is 5.15. The molecule has 2 aliphatic rings. The number of nitrogens with zero attached hydrogens (tertiary/aromatic N) is 1. The Balaban J connectivity index is 1.64. The lowest BCUT2D eigenvalue weighted by molar-refractivity contribution is 0.129. The quantitative estimate of drug-likeness (QED) is 0.876. The number of rotatable bonds is 3. The van der Waals surface area contributed by atoms with Crippen LogP contribution in [0.15, 0.2) is 18.3 Å². The highest BCUT2D eigenvalue weighted by molar-refractivity contribution is 5.31. The summed E-state index contributed by atoms with van der Waals surface area (Å²) in [6, 6.07) is 4.75. The van der Waals surface area contributed by atoms with Gasteiger partial charge >= 0.3 is 0 Å². The molecule has 1 unspecified atom stereocenters. The summed E-state index contributed by atoms with van der Waals surface area (Å²) in [5.41, 5.74) is 7.61. The second kappa shape index (κ2) is 5.49. The molecule has 2 aliphatic carbocycles. The summed E-state index contributed by atoms with van der Waals surface area (Å²) >= 11 is 0. The fraction of sp³-hybridized carbons (Fsp3) is 0.688. The molecule has 1 aromatic heterocycles. The molecule has 2 saturated carbocycles. The molecule has 19 heavy (non-hydrogen) atoms. The molecule has 0 amide bonds. The summed E-state index contributed by atoms with van der Waals surface area (Å²) in [7, 11) is 0. The van der Waals surface area contributed by atoms with Crippen LogP contribution in [0.3, 0.4) is 0 Å². The molecule has 3 nitrogen and oxygen atoms in total. The molecule has 3 heteroatoms. The smallest absolute Gasteiger partial charge is 0.123 e. The van der Waals surface area contributed by atoms with E-state index < -0.39 is 0 Å². The number of pyridine rings is 1. The fourth-order valence-electron chi connectivity index (χ4n) is 4.15. The first-order valence-corrected chi connectivity index (χ1v) is 7.72. The van der Waals surface area contributed by atoms with Crippen molar-refractivity contribution in [2.45, 2.75) is 64.0 Å². The second-order valence-electron chi connectivity index (χ2n) is 6.34. The average Bonchev–Trinajstić information content (AvgIpc) is 2.87. The molecule has 1 atom stereocenters. The van der Waals surface area contributed by atoms with Crippen LogP contribution in [0, 0.1) is 5.41 Å². The van der Waals surface area contributed by atoms with Crippen molar-refractivity contribution in [3.05, 3.63) is 23.9 Å². The Morgan fingerprint density at radius 2 is 1.95 bits per heavy atom. The second-order valence-corrected chi connectivity index (χ2v) is 6.34. The van der Waals surface area contributed by atoms with Gasteiger partial charge in [-0.25, -0.2) is 4.98 Å². The highest BCUT2D eigenvalue weighted by Gasteiger charge is 2.42. The molecule has 2 fully saturated rings. The van der Waals surface area contributed by atoms with E-state index in [9.17, 15) is 0 Å². The van der Waals surface area contributed by atoms with E-state index in [1.807, 2.05) is 6.07 Å². The molecular formula is C16H25N3. The third kappa shape index (κ3) is 2.76. The molecular weight excluding hydrogens is 234 g/mol. The van der Waals surface area contributed by atoms with Crippen LogP contribution >= 0.6 is 0 Å². The summed E-state index contributed by atoms with van der Waals surface area (Å²) < 4.78 is 0. The van der Waals surface area contributed by atoms with Gasteiger partial charge in [-0.15, -0.1) is 0 Å². The van der Waals surface area contributed by atoms with Crippen molar-refractivity contribution in [1.82, 2.24) is 10.3 Å². The molecule has 0 bridgehead atoms. The zero-order valence-electron chi connectivity index (χ0n) is 11.7. The minimum atomic E-state index is 0.608. The predicted molar refractivity (Wildman–Crippen MR) is 78.6 cm³/mol. The number of nitrogens with one attached hydrogen (secondary N) is 1.